The summed E-state index contributed by atoms with van der Waals surface area (Å²) in [7, 11) is 0. The first-order valence-electron chi connectivity index (χ1n) is 7.50. The molecule has 4 nitrogen and oxygen atoms in total. The largest absolute Gasteiger partial charge is 0.395 e. The molecule has 2 amide bonds. The third kappa shape index (κ3) is 3.51. The highest BCUT2D eigenvalue weighted by Gasteiger charge is 2.25. The number of aryl methyl sites for hydroxylation is 1. The predicted octanol–water partition coefficient (Wildman–Crippen LogP) is 2.48. The zero-order valence-electron chi connectivity index (χ0n) is 12.1. The number of amides is 2. The molecule has 0 fully saturated rings. The number of carbonyl (C=O) groups is 1. The Morgan fingerprint density at radius 3 is 2.95 bits per heavy atom. The van der Waals surface area contributed by atoms with Crippen molar-refractivity contribution in [2.75, 3.05) is 19.7 Å². The third-order valence-corrected chi connectivity index (χ3v) is 3.87. The van der Waals surface area contributed by atoms with Gasteiger partial charge in [0.25, 0.3) is 0 Å². The summed E-state index contributed by atoms with van der Waals surface area (Å²) in [6.07, 6.45) is 4.00. The molecule has 0 aromatic heterocycles. The van der Waals surface area contributed by atoms with E-state index >= 15 is 0 Å². The molecule has 4 heteroatoms. The second kappa shape index (κ2) is 7.29. The van der Waals surface area contributed by atoms with Gasteiger partial charge in [0, 0.05) is 13.1 Å². The van der Waals surface area contributed by atoms with Crippen LogP contribution in [0.4, 0.5) is 4.79 Å². The summed E-state index contributed by atoms with van der Waals surface area (Å²) in [5, 5.41) is 12.2. The van der Waals surface area contributed by atoms with E-state index in [2.05, 4.69) is 24.4 Å². The summed E-state index contributed by atoms with van der Waals surface area (Å²) in [5.74, 6) is 0. The SMILES string of the molecule is CCCCN(CCO)C(=O)NC1CCc2ccccc21. The summed E-state index contributed by atoms with van der Waals surface area (Å²) in [4.78, 5) is 14.0. The second-order valence-corrected chi connectivity index (χ2v) is 5.30. The number of hydrogen-bond acceptors (Lipinski definition) is 2. The van der Waals surface area contributed by atoms with E-state index in [0.29, 0.717) is 13.1 Å². The van der Waals surface area contributed by atoms with Gasteiger partial charge in [-0.15, -0.1) is 0 Å². The summed E-state index contributed by atoms with van der Waals surface area (Å²) < 4.78 is 0. The molecule has 0 saturated carbocycles. The molecule has 0 spiro atoms. The molecule has 1 atom stereocenters. The van der Waals surface area contributed by atoms with E-state index in [1.807, 2.05) is 12.1 Å². The Morgan fingerprint density at radius 1 is 1.40 bits per heavy atom. The lowest BCUT2D eigenvalue weighted by Crippen LogP contribution is -2.43. The van der Waals surface area contributed by atoms with Gasteiger partial charge in [-0.2, -0.15) is 0 Å². The van der Waals surface area contributed by atoms with Crippen LogP contribution in [-0.2, 0) is 6.42 Å². The first-order valence-corrected chi connectivity index (χ1v) is 7.50. The third-order valence-electron chi connectivity index (χ3n) is 3.87. The predicted molar refractivity (Wildman–Crippen MR) is 79.6 cm³/mol. The molecule has 1 unspecified atom stereocenters. The van der Waals surface area contributed by atoms with Gasteiger partial charge in [0.15, 0.2) is 0 Å². The van der Waals surface area contributed by atoms with Crippen LogP contribution in [0.1, 0.15) is 43.4 Å². The van der Waals surface area contributed by atoms with E-state index in [9.17, 15) is 4.79 Å². The van der Waals surface area contributed by atoms with E-state index in [0.717, 1.165) is 25.7 Å². The van der Waals surface area contributed by atoms with Gasteiger partial charge in [0.1, 0.15) is 0 Å². The Bertz CT molecular complexity index is 448. The molecule has 1 aliphatic carbocycles. The minimum atomic E-state index is -0.0609. The maximum absolute atomic E-state index is 12.3. The molecule has 2 N–H and O–H groups in total. The van der Waals surface area contributed by atoms with E-state index in [1.165, 1.54) is 11.1 Å². The van der Waals surface area contributed by atoms with Crippen molar-refractivity contribution in [3.63, 3.8) is 0 Å². The standard InChI is InChI=1S/C16H24N2O2/c1-2-3-10-18(11-12-19)16(20)17-15-9-8-13-6-4-5-7-14(13)15/h4-7,15,19H,2-3,8-12H2,1H3,(H,17,20). The fraction of sp³-hybridized carbons (Fsp3) is 0.562. The van der Waals surface area contributed by atoms with Crippen molar-refractivity contribution in [2.45, 2.75) is 38.6 Å². The van der Waals surface area contributed by atoms with Crippen molar-refractivity contribution >= 4 is 6.03 Å². The molecule has 20 heavy (non-hydrogen) atoms. The minimum absolute atomic E-state index is 0.0123. The summed E-state index contributed by atoms with van der Waals surface area (Å²) in [6.45, 7) is 3.22. The van der Waals surface area contributed by atoms with E-state index < -0.39 is 0 Å². The molecule has 1 aromatic carbocycles. The zero-order valence-corrected chi connectivity index (χ0v) is 12.1. The maximum Gasteiger partial charge on any atom is 0.317 e. The van der Waals surface area contributed by atoms with Crippen molar-refractivity contribution in [1.82, 2.24) is 10.2 Å². The summed E-state index contributed by atoms with van der Waals surface area (Å²) >= 11 is 0. The Morgan fingerprint density at radius 2 is 2.20 bits per heavy atom. The molecular formula is C16H24N2O2. The molecule has 110 valence electrons. The Kier molecular flexibility index (Phi) is 5.41. The Labute approximate surface area is 120 Å². The fourth-order valence-electron chi connectivity index (χ4n) is 2.73. The van der Waals surface area contributed by atoms with E-state index in [-0.39, 0.29) is 18.7 Å². The summed E-state index contributed by atoms with van der Waals surface area (Å²) in [5.41, 5.74) is 2.57. The van der Waals surface area contributed by atoms with Crippen LogP contribution in [-0.4, -0.2) is 35.7 Å². The van der Waals surface area contributed by atoms with Crippen LogP contribution >= 0.6 is 0 Å². The van der Waals surface area contributed by atoms with Crippen LogP contribution in [0.3, 0.4) is 0 Å². The van der Waals surface area contributed by atoms with E-state index in [1.54, 1.807) is 4.90 Å². The molecule has 1 aromatic rings. The van der Waals surface area contributed by atoms with Crippen LogP contribution in [0.5, 0.6) is 0 Å². The van der Waals surface area contributed by atoms with Crippen LogP contribution in [0.2, 0.25) is 0 Å². The average molecular weight is 276 g/mol. The molecule has 1 aliphatic rings. The van der Waals surface area contributed by atoms with Gasteiger partial charge >= 0.3 is 6.03 Å². The van der Waals surface area contributed by atoms with Gasteiger partial charge in [-0.25, -0.2) is 4.79 Å². The van der Waals surface area contributed by atoms with Crippen LogP contribution < -0.4 is 5.32 Å². The van der Waals surface area contributed by atoms with Gasteiger partial charge < -0.3 is 15.3 Å². The second-order valence-electron chi connectivity index (χ2n) is 5.30. The molecule has 0 bridgehead atoms. The summed E-state index contributed by atoms with van der Waals surface area (Å²) in [6, 6.07) is 8.34. The van der Waals surface area contributed by atoms with Gasteiger partial charge in [-0.1, -0.05) is 37.6 Å². The molecule has 0 saturated heterocycles. The molecule has 0 heterocycles. The number of rotatable bonds is 6. The van der Waals surface area contributed by atoms with Crippen molar-refractivity contribution in [2.24, 2.45) is 0 Å². The van der Waals surface area contributed by atoms with Gasteiger partial charge in [-0.05, 0) is 30.4 Å². The molecule has 0 radical (unpaired) electrons. The number of carbonyl (C=O) groups excluding carboxylic acids is 1. The number of aliphatic hydroxyl groups is 1. The van der Waals surface area contributed by atoms with Gasteiger partial charge in [0.2, 0.25) is 0 Å². The van der Waals surface area contributed by atoms with E-state index in [4.69, 9.17) is 5.11 Å². The number of nitrogens with one attached hydrogen (secondary N) is 1. The minimum Gasteiger partial charge on any atom is -0.395 e. The van der Waals surface area contributed by atoms with Crippen molar-refractivity contribution in [1.29, 1.82) is 0 Å². The lowest BCUT2D eigenvalue weighted by atomic mass is 10.1. The lowest BCUT2D eigenvalue weighted by molar-refractivity contribution is 0.173. The monoisotopic (exact) mass is 276 g/mol. The fourth-order valence-corrected chi connectivity index (χ4v) is 2.73. The highest BCUT2D eigenvalue weighted by molar-refractivity contribution is 5.75. The lowest BCUT2D eigenvalue weighted by Gasteiger charge is -2.24. The number of unbranched alkanes of at least 4 members (excludes halogenated alkanes) is 1. The van der Waals surface area contributed by atoms with Gasteiger partial charge in [0.05, 0.1) is 12.6 Å². The molecule has 2 rings (SSSR count). The number of urea groups is 1. The maximum atomic E-state index is 12.3. The number of benzene rings is 1. The number of nitrogens with zero attached hydrogens (tertiary/aromatic N) is 1. The molecule has 0 aliphatic heterocycles. The first kappa shape index (κ1) is 14.9. The number of hydrogen-bond donors (Lipinski definition) is 2. The van der Waals surface area contributed by atoms with Crippen molar-refractivity contribution in [3.05, 3.63) is 35.4 Å². The molecular weight excluding hydrogens is 252 g/mol. The van der Waals surface area contributed by atoms with Crippen LogP contribution in [0.25, 0.3) is 0 Å². The van der Waals surface area contributed by atoms with Crippen molar-refractivity contribution in [3.8, 4) is 0 Å². The number of aliphatic hydroxyl groups excluding tert-OH is 1. The van der Waals surface area contributed by atoms with Crippen LogP contribution in [0, 0.1) is 0 Å². The normalized spacial score (nSPS) is 16.8. The highest BCUT2D eigenvalue weighted by Crippen LogP contribution is 2.30. The zero-order chi connectivity index (χ0) is 14.4. The first-order chi connectivity index (χ1) is 9.76. The Balaban J connectivity index is 1.96. The van der Waals surface area contributed by atoms with Crippen molar-refractivity contribution < 1.29 is 9.90 Å². The quantitative estimate of drug-likeness (QED) is 0.838. The highest BCUT2D eigenvalue weighted by atomic mass is 16.3. The topological polar surface area (TPSA) is 52.6 Å². The van der Waals surface area contributed by atoms with Gasteiger partial charge in [-0.3, -0.25) is 0 Å². The smallest absolute Gasteiger partial charge is 0.317 e. The Hall–Kier alpha value is -1.55. The average Bonchev–Trinajstić information content (AvgIpc) is 2.87. The van der Waals surface area contributed by atoms with Crippen LogP contribution in [0.15, 0.2) is 24.3 Å². The number of fused-ring (bicyclic) bond motifs is 1.